The molecule has 1 saturated heterocycles. The van der Waals surface area contributed by atoms with Crippen molar-refractivity contribution < 1.29 is 22.3 Å². The van der Waals surface area contributed by atoms with Crippen molar-refractivity contribution in [2.24, 2.45) is 0 Å². The molecule has 0 aliphatic carbocycles. The first kappa shape index (κ1) is 19.8. The zero-order valence-corrected chi connectivity index (χ0v) is 16.2. The number of ether oxygens (including phenoxy) is 1. The number of carbonyl (C=O) groups excluding carboxylic acids is 1. The lowest BCUT2D eigenvalue weighted by Crippen LogP contribution is -2.49. The molecule has 27 heavy (non-hydrogen) atoms. The van der Waals surface area contributed by atoms with Crippen molar-refractivity contribution in [3.63, 3.8) is 0 Å². The summed E-state index contributed by atoms with van der Waals surface area (Å²) < 4.78 is 42.3. The summed E-state index contributed by atoms with van der Waals surface area (Å²) in [4.78, 5) is 13.0. The van der Waals surface area contributed by atoms with Crippen molar-refractivity contribution >= 4 is 27.3 Å². The number of carbonyl (C=O) groups is 1. The average Bonchev–Trinajstić information content (AvgIpc) is 2.62. The largest absolute Gasteiger partial charge is 0.381 e. The molecule has 1 fully saturated rings. The summed E-state index contributed by atoms with van der Waals surface area (Å²) >= 11 is 6.14. The van der Waals surface area contributed by atoms with Crippen molar-refractivity contribution in [2.45, 2.75) is 23.3 Å². The van der Waals surface area contributed by atoms with Crippen molar-refractivity contribution in [3.05, 3.63) is 64.4 Å². The van der Waals surface area contributed by atoms with Gasteiger partial charge in [-0.1, -0.05) is 23.7 Å². The second-order valence-corrected chi connectivity index (χ2v) is 8.99. The number of sulfone groups is 1. The molecule has 5 nitrogen and oxygen atoms in total. The predicted molar refractivity (Wildman–Crippen MR) is 100 cm³/mol. The van der Waals surface area contributed by atoms with E-state index in [9.17, 15) is 17.6 Å². The van der Waals surface area contributed by atoms with Crippen LogP contribution in [0.2, 0.25) is 5.02 Å². The van der Waals surface area contributed by atoms with E-state index in [2.05, 4.69) is 5.32 Å². The summed E-state index contributed by atoms with van der Waals surface area (Å²) in [6.07, 6.45) is 2.08. The van der Waals surface area contributed by atoms with Crippen LogP contribution in [0.3, 0.4) is 0 Å². The van der Waals surface area contributed by atoms with E-state index in [0.29, 0.717) is 26.1 Å². The van der Waals surface area contributed by atoms with Crippen LogP contribution in [0.25, 0.3) is 0 Å². The number of amides is 1. The van der Waals surface area contributed by atoms with Crippen LogP contribution in [0.5, 0.6) is 0 Å². The molecule has 0 saturated carbocycles. The minimum atomic E-state index is -3.48. The Morgan fingerprint density at radius 2 is 1.78 bits per heavy atom. The number of hydrogen-bond acceptors (Lipinski definition) is 4. The van der Waals surface area contributed by atoms with Crippen LogP contribution in [0, 0.1) is 5.82 Å². The number of rotatable bonds is 4. The highest BCUT2D eigenvalue weighted by molar-refractivity contribution is 7.90. The molecular weight excluding hydrogens is 393 g/mol. The van der Waals surface area contributed by atoms with Crippen LogP contribution in [-0.2, 0) is 20.1 Å². The maximum atomic E-state index is 13.3. The fourth-order valence-electron chi connectivity index (χ4n) is 3.17. The molecular formula is C19H19ClFNO4S. The molecule has 1 N–H and O–H groups in total. The molecule has 0 atom stereocenters. The molecule has 0 unspecified atom stereocenters. The Hall–Kier alpha value is -1.96. The van der Waals surface area contributed by atoms with E-state index in [1.54, 1.807) is 12.1 Å². The van der Waals surface area contributed by atoms with Gasteiger partial charge in [0.1, 0.15) is 5.82 Å². The third-order valence-electron chi connectivity index (χ3n) is 4.71. The molecule has 1 aliphatic rings. The zero-order chi connectivity index (χ0) is 19.7. The Morgan fingerprint density at radius 1 is 1.15 bits per heavy atom. The maximum Gasteiger partial charge on any atom is 0.253 e. The number of benzene rings is 2. The van der Waals surface area contributed by atoms with Crippen LogP contribution in [0.4, 0.5) is 4.39 Å². The van der Waals surface area contributed by atoms with Crippen molar-refractivity contribution in [2.75, 3.05) is 19.5 Å². The van der Waals surface area contributed by atoms with Gasteiger partial charge in [-0.2, -0.15) is 0 Å². The average molecular weight is 412 g/mol. The summed E-state index contributed by atoms with van der Waals surface area (Å²) in [6.45, 7) is 0.879. The van der Waals surface area contributed by atoms with Gasteiger partial charge in [0.05, 0.1) is 21.0 Å². The molecule has 2 aromatic rings. The summed E-state index contributed by atoms with van der Waals surface area (Å²) in [5, 5.41) is 3.14. The first-order chi connectivity index (χ1) is 12.7. The van der Waals surface area contributed by atoms with Gasteiger partial charge in [0, 0.05) is 19.5 Å². The molecule has 1 heterocycles. The van der Waals surface area contributed by atoms with E-state index < -0.39 is 21.3 Å². The smallest absolute Gasteiger partial charge is 0.253 e. The Labute approximate surface area is 162 Å². The van der Waals surface area contributed by atoms with Gasteiger partial charge in [0.2, 0.25) is 0 Å². The molecule has 2 aromatic carbocycles. The van der Waals surface area contributed by atoms with Crippen LogP contribution in [0.1, 0.15) is 28.8 Å². The van der Waals surface area contributed by atoms with Crippen LogP contribution >= 0.6 is 11.6 Å². The molecule has 0 spiro atoms. The van der Waals surface area contributed by atoms with Gasteiger partial charge >= 0.3 is 0 Å². The van der Waals surface area contributed by atoms with E-state index in [1.807, 2.05) is 0 Å². The standard InChI is InChI=1S/C19H19ClFNO4S/c1-27(24,25)15-6-7-17(20)16(12-15)18(23)22-19(8-10-26-11-9-19)13-2-4-14(21)5-3-13/h2-7,12H,8-11H2,1H3,(H,22,23). The van der Waals surface area contributed by atoms with Crippen molar-refractivity contribution in [3.8, 4) is 0 Å². The minimum Gasteiger partial charge on any atom is -0.381 e. The van der Waals surface area contributed by atoms with Gasteiger partial charge in [-0.3, -0.25) is 4.79 Å². The number of halogens is 2. The minimum absolute atomic E-state index is 0.0138. The highest BCUT2D eigenvalue weighted by atomic mass is 35.5. The van der Waals surface area contributed by atoms with Crippen molar-refractivity contribution in [1.82, 2.24) is 5.32 Å². The second kappa shape index (κ2) is 7.58. The topological polar surface area (TPSA) is 72.5 Å². The van der Waals surface area contributed by atoms with Crippen LogP contribution < -0.4 is 5.32 Å². The molecule has 3 rings (SSSR count). The lowest BCUT2D eigenvalue weighted by atomic mass is 9.82. The van der Waals surface area contributed by atoms with Gasteiger partial charge in [0.25, 0.3) is 5.91 Å². The monoisotopic (exact) mass is 411 g/mol. The summed E-state index contributed by atoms with van der Waals surface area (Å²) in [7, 11) is -3.48. The van der Waals surface area contributed by atoms with Gasteiger partial charge in [-0.25, -0.2) is 12.8 Å². The van der Waals surface area contributed by atoms with Gasteiger partial charge in [-0.15, -0.1) is 0 Å². The Balaban J connectivity index is 1.97. The number of hydrogen-bond donors (Lipinski definition) is 1. The zero-order valence-electron chi connectivity index (χ0n) is 14.7. The lowest BCUT2D eigenvalue weighted by Gasteiger charge is -2.38. The van der Waals surface area contributed by atoms with Gasteiger partial charge < -0.3 is 10.1 Å². The number of nitrogens with one attached hydrogen (secondary N) is 1. The van der Waals surface area contributed by atoms with Crippen LogP contribution in [-0.4, -0.2) is 33.8 Å². The first-order valence-electron chi connectivity index (χ1n) is 8.37. The van der Waals surface area contributed by atoms with E-state index in [0.717, 1.165) is 11.8 Å². The Kier molecular flexibility index (Phi) is 5.55. The molecule has 0 aromatic heterocycles. The van der Waals surface area contributed by atoms with Crippen molar-refractivity contribution in [1.29, 1.82) is 0 Å². The molecule has 144 valence electrons. The third-order valence-corrected chi connectivity index (χ3v) is 6.15. The van der Waals surface area contributed by atoms with E-state index in [1.165, 1.54) is 30.3 Å². The molecule has 1 amide bonds. The fraction of sp³-hybridized carbons (Fsp3) is 0.316. The Morgan fingerprint density at radius 3 is 2.37 bits per heavy atom. The highest BCUT2D eigenvalue weighted by Crippen LogP contribution is 2.33. The maximum absolute atomic E-state index is 13.3. The lowest BCUT2D eigenvalue weighted by molar-refractivity contribution is 0.0345. The molecule has 0 bridgehead atoms. The quantitative estimate of drug-likeness (QED) is 0.837. The Bertz CT molecular complexity index is 954. The van der Waals surface area contributed by atoms with E-state index in [4.69, 9.17) is 16.3 Å². The van der Waals surface area contributed by atoms with E-state index in [-0.39, 0.29) is 21.3 Å². The molecule has 0 radical (unpaired) electrons. The second-order valence-electron chi connectivity index (χ2n) is 6.57. The summed E-state index contributed by atoms with van der Waals surface area (Å²) in [6, 6.07) is 9.97. The molecule has 8 heteroatoms. The highest BCUT2D eigenvalue weighted by Gasteiger charge is 2.36. The first-order valence-corrected chi connectivity index (χ1v) is 10.6. The van der Waals surface area contributed by atoms with Crippen LogP contribution in [0.15, 0.2) is 47.4 Å². The summed E-state index contributed by atoms with van der Waals surface area (Å²) in [5.74, 6) is -0.854. The summed E-state index contributed by atoms with van der Waals surface area (Å²) in [5.41, 5.74) is 0.0940. The fourth-order valence-corrected chi connectivity index (χ4v) is 4.02. The van der Waals surface area contributed by atoms with Gasteiger partial charge in [0.15, 0.2) is 9.84 Å². The molecule has 1 aliphatic heterocycles. The third kappa shape index (κ3) is 4.31. The predicted octanol–water partition coefficient (Wildman–Crippen LogP) is 3.32. The normalized spacial score (nSPS) is 16.7. The SMILES string of the molecule is CS(=O)(=O)c1ccc(Cl)c(C(=O)NC2(c3ccc(F)cc3)CCOCC2)c1. The van der Waals surface area contributed by atoms with Gasteiger partial charge in [-0.05, 0) is 48.7 Å². The van der Waals surface area contributed by atoms with E-state index >= 15 is 0 Å².